The molecule has 0 atom stereocenters. The van der Waals surface area contributed by atoms with Crippen molar-refractivity contribution in [1.29, 1.82) is 0 Å². The molecule has 4 nitrogen and oxygen atoms in total. The van der Waals surface area contributed by atoms with Gasteiger partial charge in [-0.15, -0.1) is 10.2 Å². The lowest BCUT2D eigenvalue weighted by Crippen LogP contribution is -1.87. The van der Waals surface area contributed by atoms with E-state index in [9.17, 15) is 4.79 Å². The normalized spacial score (nSPS) is 10.2. The second-order valence-electron chi connectivity index (χ2n) is 2.70. The average molecular weight is 237 g/mol. The molecule has 0 aliphatic carbocycles. The lowest BCUT2D eigenvalue weighted by atomic mass is 10.3. The summed E-state index contributed by atoms with van der Waals surface area (Å²) in [6, 6.07) is 3.47. The summed E-state index contributed by atoms with van der Waals surface area (Å²) in [4.78, 5) is 14.9. The largest absolute Gasteiger partial charge is 0.298 e. The Balaban J connectivity index is 2.27. The summed E-state index contributed by atoms with van der Waals surface area (Å²) in [6.45, 7) is 1.89. The van der Waals surface area contributed by atoms with Crippen LogP contribution in [0.1, 0.15) is 15.4 Å². The zero-order valence-electron chi connectivity index (χ0n) is 7.88. The number of rotatable bonds is 3. The number of pyridine rings is 1. The molecule has 0 N–H and O–H groups in total. The van der Waals surface area contributed by atoms with E-state index in [0.29, 0.717) is 10.6 Å². The van der Waals surface area contributed by atoms with Crippen LogP contribution < -0.4 is 0 Å². The molecule has 2 heterocycles. The lowest BCUT2D eigenvalue weighted by Gasteiger charge is -1.98. The smallest absolute Gasteiger partial charge is 0.180 e. The molecule has 0 spiro atoms. The number of carbonyl (C=O) groups excluding carboxylic acids is 1. The van der Waals surface area contributed by atoms with Crippen LogP contribution in [0.15, 0.2) is 27.7 Å². The molecule has 0 aliphatic rings. The van der Waals surface area contributed by atoms with E-state index in [1.54, 1.807) is 18.3 Å². The molecule has 0 amide bonds. The van der Waals surface area contributed by atoms with Crippen LogP contribution in [0.5, 0.6) is 0 Å². The fraction of sp³-hybridized carbons (Fsp3) is 0.111. The first kappa shape index (κ1) is 10.3. The van der Waals surface area contributed by atoms with Crippen LogP contribution >= 0.6 is 23.1 Å². The monoisotopic (exact) mass is 237 g/mol. The van der Waals surface area contributed by atoms with Crippen LogP contribution in [0.3, 0.4) is 0 Å². The van der Waals surface area contributed by atoms with Gasteiger partial charge in [-0.25, -0.2) is 4.98 Å². The minimum Gasteiger partial charge on any atom is -0.298 e. The number of hydrogen-bond donors (Lipinski definition) is 0. The Kier molecular flexibility index (Phi) is 3.08. The van der Waals surface area contributed by atoms with Gasteiger partial charge < -0.3 is 0 Å². The van der Waals surface area contributed by atoms with Gasteiger partial charge in [-0.05, 0) is 30.8 Å². The first-order valence-electron chi connectivity index (χ1n) is 4.18. The predicted molar refractivity (Wildman–Crippen MR) is 58.4 cm³/mol. The molecule has 0 saturated carbocycles. The number of nitrogens with zero attached hydrogens (tertiary/aromatic N) is 3. The van der Waals surface area contributed by atoms with E-state index in [4.69, 9.17) is 0 Å². The number of aryl methyl sites for hydroxylation is 1. The van der Waals surface area contributed by atoms with Crippen LogP contribution in [0.2, 0.25) is 0 Å². The number of aldehydes is 1. The molecular formula is C9H7N3OS2. The maximum absolute atomic E-state index is 10.7. The maximum atomic E-state index is 10.7. The molecule has 0 unspecified atom stereocenters. The molecule has 76 valence electrons. The minimum absolute atomic E-state index is 0.579. The number of carbonyl (C=O) groups is 1. The Labute approximate surface area is 94.8 Å². The Morgan fingerprint density at radius 2 is 2.33 bits per heavy atom. The quantitative estimate of drug-likeness (QED) is 0.766. The third kappa shape index (κ3) is 2.40. The number of hydrogen-bond acceptors (Lipinski definition) is 6. The Morgan fingerprint density at radius 1 is 1.47 bits per heavy atom. The zero-order valence-corrected chi connectivity index (χ0v) is 9.51. The van der Waals surface area contributed by atoms with Crippen molar-refractivity contribution >= 4 is 29.4 Å². The van der Waals surface area contributed by atoms with Crippen LogP contribution in [0, 0.1) is 6.92 Å². The van der Waals surface area contributed by atoms with Crippen LogP contribution in [-0.2, 0) is 0 Å². The maximum Gasteiger partial charge on any atom is 0.180 e. The molecule has 2 rings (SSSR count). The van der Waals surface area contributed by atoms with Crippen molar-refractivity contribution in [2.45, 2.75) is 16.3 Å². The Morgan fingerprint density at radius 3 is 3.00 bits per heavy atom. The molecule has 2 aromatic rings. The average Bonchev–Trinajstić information content (AvgIpc) is 2.65. The summed E-state index contributed by atoms with van der Waals surface area (Å²) >= 11 is 2.85. The third-order valence-electron chi connectivity index (χ3n) is 1.62. The predicted octanol–water partition coefficient (Wildman–Crippen LogP) is 2.21. The first-order chi connectivity index (χ1) is 7.29. The molecule has 0 bridgehead atoms. The van der Waals surface area contributed by atoms with Gasteiger partial charge in [-0.3, -0.25) is 4.79 Å². The van der Waals surface area contributed by atoms with Gasteiger partial charge in [0.2, 0.25) is 0 Å². The van der Waals surface area contributed by atoms with Gasteiger partial charge in [0, 0.05) is 11.8 Å². The van der Waals surface area contributed by atoms with Gasteiger partial charge in [0.25, 0.3) is 0 Å². The van der Waals surface area contributed by atoms with Crippen molar-refractivity contribution in [3.05, 3.63) is 28.9 Å². The van der Waals surface area contributed by atoms with Gasteiger partial charge in [0.15, 0.2) is 10.6 Å². The molecule has 0 fully saturated rings. The van der Waals surface area contributed by atoms with Gasteiger partial charge >= 0.3 is 0 Å². The highest BCUT2D eigenvalue weighted by Gasteiger charge is 2.07. The van der Waals surface area contributed by atoms with Crippen molar-refractivity contribution in [3.8, 4) is 0 Å². The van der Waals surface area contributed by atoms with Crippen LogP contribution in [0.25, 0.3) is 0 Å². The van der Waals surface area contributed by atoms with Crippen molar-refractivity contribution in [2.24, 2.45) is 0 Å². The van der Waals surface area contributed by atoms with E-state index in [1.807, 2.05) is 6.92 Å². The SMILES string of the molecule is Cc1nnc(Sc2ncccc2C=O)s1. The summed E-state index contributed by atoms with van der Waals surface area (Å²) in [7, 11) is 0. The van der Waals surface area contributed by atoms with Crippen molar-refractivity contribution in [1.82, 2.24) is 15.2 Å². The van der Waals surface area contributed by atoms with E-state index in [1.165, 1.54) is 23.1 Å². The molecule has 6 heteroatoms. The van der Waals surface area contributed by atoms with Crippen molar-refractivity contribution in [3.63, 3.8) is 0 Å². The second kappa shape index (κ2) is 4.50. The topological polar surface area (TPSA) is 55.7 Å². The van der Waals surface area contributed by atoms with E-state index in [-0.39, 0.29) is 0 Å². The summed E-state index contributed by atoms with van der Waals surface area (Å²) in [6.07, 6.45) is 2.45. The second-order valence-corrected chi connectivity index (χ2v) is 5.12. The fourth-order valence-electron chi connectivity index (χ4n) is 0.981. The fourth-order valence-corrected chi connectivity index (χ4v) is 2.76. The van der Waals surface area contributed by atoms with E-state index >= 15 is 0 Å². The Bertz CT molecular complexity index is 484. The molecule has 0 saturated heterocycles. The first-order valence-corrected chi connectivity index (χ1v) is 5.81. The summed E-state index contributed by atoms with van der Waals surface area (Å²) in [5.74, 6) is 0. The summed E-state index contributed by atoms with van der Waals surface area (Å²) < 4.78 is 0.800. The number of aromatic nitrogens is 3. The highest BCUT2D eigenvalue weighted by atomic mass is 32.2. The van der Waals surface area contributed by atoms with Gasteiger partial charge in [0.1, 0.15) is 10.0 Å². The van der Waals surface area contributed by atoms with Crippen molar-refractivity contribution < 1.29 is 4.79 Å². The summed E-state index contributed by atoms with van der Waals surface area (Å²) in [5.41, 5.74) is 0.579. The molecule has 0 aromatic carbocycles. The highest BCUT2D eigenvalue weighted by Crippen LogP contribution is 2.29. The lowest BCUT2D eigenvalue weighted by molar-refractivity contribution is 0.112. The van der Waals surface area contributed by atoms with Crippen LogP contribution in [0.4, 0.5) is 0 Å². The van der Waals surface area contributed by atoms with Gasteiger partial charge in [0.05, 0.1) is 0 Å². The molecule has 2 aromatic heterocycles. The molecular weight excluding hydrogens is 230 g/mol. The van der Waals surface area contributed by atoms with Crippen molar-refractivity contribution in [2.75, 3.05) is 0 Å². The molecule has 0 aliphatic heterocycles. The Hall–Kier alpha value is -1.27. The molecule has 15 heavy (non-hydrogen) atoms. The highest BCUT2D eigenvalue weighted by molar-refractivity contribution is 8.01. The molecule has 0 radical (unpaired) electrons. The minimum atomic E-state index is 0.579. The van der Waals surface area contributed by atoms with E-state index < -0.39 is 0 Å². The standard InChI is InChI=1S/C9H7N3OS2/c1-6-11-12-9(14-6)15-8-7(5-13)3-2-4-10-8/h2-5H,1H3. The van der Waals surface area contributed by atoms with E-state index in [0.717, 1.165) is 15.6 Å². The van der Waals surface area contributed by atoms with Crippen LogP contribution in [-0.4, -0.2) is 21.5 Å². The third-order valence-corrected chi connectivity index (χ3v) is 3.54. The van der Waals surface area contributed by atoms with E-state index in [2.05, 4.69) is 15.2 Å². The summed E-state index contributed by atoms with van der Waals surface area (Å²) in [5, 5.41) is 9.44. The van der Waals surface area contributed by atoms with Gasteiger partial charge in [-0.1, -0.05) is 11.3 Å². The van der Waals surface area contributed by atoms with Gasteiger partial charge in [-0.2, -0.15) is 0 Å². The zero-order chi connectivity index (χ0) is 10.7.